The van der Waals surface area contributed by atoms with Gasteiger partial charge in [-0.25, -0.2) is 0 Å². The molecule has 1 heterocycles. The van der Waals surface area contributed by atoms with Crippen molar-refractivity contribution in [1.82, 2.24) is 9.80 Å². The lowest BCUT2D eigenvalue weighted by molar-refractivity contribution is 0.102. The number of amides is 1. The average Bonchev–Trinajstić information content (AvgIpc) is 2.69. The zero-order valence-corrected chi connectivity index (χ0v) is 15.2. The highest BCUT2D eigenvalue weighted by atomic mass is 16.1. The number of carbonyl (C=O) groups is 1. The van der Waals surface area contributed by atoms with Gasteiger partial charge >= 0.3 is 0 Å². The van der Waals surface area contributed by atoms with Gasteiger partial charge in [-0.1, -0.05) is 30.3 Å². The lowest BCUT2D eigenvalue weighted by Gasteiger charge is -2.37. The van der Waals surface area contributed by atoms with Crippen molar-refractivity contribution in [2.45, 2.75) is 12.8 Å². The Hall–Kier alpha value is -2.59. The molecule has 0 spiro atoms. The molecule has 0 atom stereocenters. The summed E-state index contributed by atoms with van der Waals surface area (Å²) in [7, 11) is 2.18. The molecule has 1 saturated heterocycles. The third-order valence-corrected chi connectivity index (χ3v) is 5.27. The van der Waals surface area contributed by atoms with Crippen LogP contribution in [0.2, 0.25) is 0 Å². The molecular formula is C22H25N3O. The van der Waals surface area contributed by atoms with Crippen LogP contribution >= 0.6 is 0 Å². The Morgan fingerprint density at radius 3 is 2.54 bits per heavy atom. The number of likely N-dealkylation sites (N-methyl/N-ethyl adjacent to an activating group) is 1. The molecule has 2 aromatic carbocycles. The maximum atomic E-state index is 12.5. The Labute approximate surface area is 155 Å². The van der Waals surface area contributed by atoms with E-state index in [0.29, 0.717) is 5.56 Å². The molecule has 4 heteroatoms. The third kappa shape index (κ3) is 3.51. The highest BCUT2D eigenvalue weighted by Crippen LogP contribution is 2.32. The van der Waals surface area contributed by atoms with Crippen molar-refractivity contribution >= 4 is 17.3 Å². The minimum Gasteiger partial charge on any atom is -0.369 e. The van der Waals surface area contributed by atoms with Gasteiger partial charge in [-0.15, -0.1) is 0 Å². The lowest BCUT2D eigenvalue weighted by Crippen LogP contribution is -2.43. The van der Waals surface area contributed by atoms with Crippen LogP contribution in [0.1, 0.15) is 27.9 Å². The Morgan fingerprint density at radius 1 is 1.00 bits per heavy atom. The molecule has 1 amide bonds. The minimum absolute atomic E-state index is 0.0634. The summed E-state index contributed by atoms with van der Waals surface area (Å²) in [5.74, 6) is -0.0634. The van der Waals surface area contributed by atoms with Crippen LogP contribution in [0.5, 0.6) is 0 Å². The van der Waals surface area contributed by atoms with Gasteiger partial charge in [-0.2, -0.15) is 0 Å². The van der Waals surface area contributed by atoms with Crippen molar-refractivity contribution in [3.8, 4) is 0 Å². The zero-order chi connectivity index (χ0) is 17.9. The Kier molecular flexibility index (Phi) is 4.76. The monoisotopic (exact) mass is 347 g/mol. The third-order valence-electron chi connectivity index (χ3n) is 5.27. The molecule has 1 fully saturated rings. The van der Waals surface area contributed by atoms with E-state index in [1.54, 1.807) is 0 Å². The van der Waals surface area contributed by atoms with E-state index < -0.39 is 0 Å². The second-order valence-corrected chi connectivity index (χ2v) is 7.11. The minimum atomic E-state index is -0.0634. The summed E-state index contributed by atoms with van der Waals surface area (Å²) in [5, 5.41) is 3.05. The molecule has 26 heavy (non-hydrogen) atoms. The first-order valence-electron chi connectivity index (χ1n) is 9.34. The molecule has 4 nitrogen and oxygen atoms in total. The summed E-state index contributed by atoms with van der Waals surface area (Å²) in [5.41, 5.74) is 5.51. The molecule has 0 radical (unpaired) electrons. The molecule has 2 aliphatic rings. The van der Waals surface area contributed by atoms with E-state index in [9.17, 15) is 4.79 Å². The quantitative estimate of drug-likeness (QED) is 0.923. The van der Waals surface area contributed by atoms with Crippen molar-refractivity contribution < 1.29 is 4.79 Å². The fourth-order valence-corrected chi connectivity index (χ4v) is 3.72. The van der Waals surface area contributed by atoms with Gasteiger partial charge in [-0.3, -0.25) is 4.79 Å². The van der Waals surface area contributed by atoms with Crippen molar-refractivity contribution in [3.63, 3.8) is 0 Å². The molecule has 1 aliphatic carbocycles. The number of benzene rings is 2. The largest absolute Gasteiger partial charge is 0.369 e. The number of carbonyl (C=O) groups excluding carboxylic acids is 1. The molecule has 1 N–H and O–H groups in total. The van der Waals surface area contributed by atoms with Gasteiger partial charge < -0.3 is 15.1 Å². The number of nitrogens with zero attached hydrogens (tertiary/aromatic N) is 2. The van der Waals surface area contributed by atoms with Crippen molar-refractivity contribution in [3.05, 3.63) is 71.3 Å². The SMILES string of the molecule is CN1CCN(C2=CCCc3ccc(NC(=O)c4ccccc4)cc32)CC1. The van der Waals surface area contributed by atoms with Crippen molar-refractivity contribution in [1.29, 1.82) is 0 Å². The van der Waals surface area contributed by atoms with E-state index in [-0.39, 0.29) is 5.91 Å². The van der Waals surface area contributed by atoms with Crippen LogP contribution in [-0.4, -0.2) is 48.9 Å². The molecule has 1 aliphatic heterocycles. The van der Waals surface area contributed by atoms with Gasteiger partial charge in [0, 0.05) is 48.7 Å². The van der Waals surface area contributed by atoms with Gasteiger partial charge in [0.2, 0.25) is 0 Å². The summed E-state index contributed by atoms with van der Waals surface area (Å²) in [4.78, 5) is 17.3. The second-order valence-electron chi connectivity index (χ2n) is 7.11. The van der Waals surface area contributed by atoms with Crippen LogP contribution in [0.15, 0.2) is 54.6 Å². The molecule has 0 bridgehead atoms. The van der Waals surface area contributed by atoms with E-state index in [0.717, 1.165) is 44.7 Å². The predicted octanol–water partition coefficient (Wildman–Crippen LogP) is 3.47. The number of nitrogens with one attached hydrogen (secondary N) is 1. The first-order chi connectivity index (χ1) is 12.7. The van der Waals surface area contributed by atoms with Gasteiger partial charge in [-0.05, 0) is 49.7 Å². The maximum Gasteiger partial charge on any atom is 0.255 e. The maximum absolute atomic E-state index is 12.5. The predicted molar refractivity (Wildman–Crippen MR) is 106 cm³/mol. The van der Waals surface area contributed by atoms with E-state index >= 15 is 0 Å². The summed E-state index contributed by atoms with van der Waals surface area (Å²) < 4.78 is 0. The number of aryl methyl sites for hydroxylation is 1. The number of hydrogen-bond donors (Lipinski definition) is 1. The first-order valence-corrected chi connectivity index (χ1v) is 9.34. The number of allylic oxidation sites excluding steroid dienone is 1. The van der Waals surface area contributed by atoms with Gasteiger partial charge in [0.25, 0.3) is 5.91 Å². The van der Waals surface area contributed by atoms with E-state index in [1.807, 2.05) is 36.4 Å². The fraction of sp³-hybridized carbons (Fsp3) is 0.318. The lowest BCUT2D eigenvalue weighted by atomic mass is 9.93. The first kappa shape index (κ1) is 16.9. The molecule has 2 aromatic rings. The summed E-state index contributed by atoms with van der Waals surface area (Å²) in [6.07, 6.45) is 4.51. The number of rotatable bonds is 3. The smallest absolute Gasteiger partial charge is 0.255 e. The number of piperazine rings is 1. The van der Waals surface area contributed by atoms with Crippen LogP contribution in [0.25, 0.3) is 5.70 Å². The summed E-state index contributed by atoms with van der Waals surface area (Å²) in [6.45, 7) is 4.30. The highest BCUT2D eigenvalue weighted by Gasteiger charge is 2.22. The Balaban J connectivity index is 1.56. The van der Waals surface area contributed by atoms with Crippen LogP contribution < -0.4 is 5.32 Å². The molecule has 0 aromatic heterocycles. The topological polar surface area (TPSA) is 35.6 Å². The van der Waals surface area contributed by atoms with E-state index in [1.165, 1.54) is 16.8 Å². The van der Waals surface area contributed by atoms with Crippen LogP contribution in [-0.2, 0) is 6.42 Å². The fourth-order valence-electron chi connectivity index (χ4n) is 3.72. The van der Waals surface area contributed by atoms with Crippen molar-refractivity contribution in [2.24, 2.45) is 0 Å². The van der Waals surface area contributed by atoms with Crippen LogP contribution in [0.4, 0.5) is 5.69 Å². The number of anilines is 1. The normalized spacial score (nSPS) is 17.4. The second kappa shape index (κ2) is 7.34. The van der Waals surface area contributed by atoms with Crippen LogP contribution in [0, 0.1) is 0 Å². The Morgan fingerprint density at radius 2 is 1.77 bits per heavy atom. The average molecular weight is 347 g/mol. The zero-order valence-electron chi connectivity index (χ0n) is 15.2. The molecular weight excluding hydrogens is 322 g/mol. The molecule has 134 valence electrons. The van der Waals surface area contributed by atoms with Crippen LogP contribution in [0.3, 0.4) is 0 Å². The van der Waals surface area contributed by atoms with Crippen molar-refractivity contribution in [2.75, 3.05) is 38.5 Å². The number of fused-ring (bicyclic) bond motifs is 1. The summed E-state index contributed by atoms with van der Waals surface area (Å²) in [6, 6.07) is 15.7. The van der Waals surface area contributed by atoms with Gasteiger partial charge in [0.1, 0.15) is 0 Å². The highest BCUT2D eigenvalue weighted by molar-refractivity contribution is 6.04. The van der Waals surface area contributed by atoms with E-state index in [2.05, 4.69) is 40.4 Å². The molecule has 0 saturated carbocycles. The Bertz CT molecular complexity index is 821. The van der Waals surface area contributed by atoms with Gasteiger partial charge in [0.05, 0.1) is 0 Å². The van der Waals surface area contributed by atoms with Gasteiger partial charge in [0.15, 0.2) is 0 Å². The molecule has 0 unspecified atom stereocenters. The number of hydrogen-bond acceptors (Lipinski definition) is 3. The van der Waals surface area contributed by atoms with E-state index in [4.69, 9.17) is 0 Å². The standard InChI is InChI=1S/C22H25N3O/c1-24-12-14-25(15-13-24)21-9-5-8-17-10-11-19(16-20(17)21)23-22(26)18-6-3-2-4-7-18/h2-4,6-7,9-11,16H,5,8,12-15H2,1H3,(H,23,26). The summed E-state index contributed by atoms with van der Waals surface area (Å²) >= 11 is 0. The molecule has 4 rings (SSSR count).